The minimum absolute atomic E-state index is 0.174. The number of ether oxygens (including phenoxy) is 2. The molecular weight excluding hydrogens is 488 g/mol. The minimum Gasteiger partial charge on any atom is -0.490 e. The molecule has 0 bridgehead atoms. The Morgan fingerprint density at radius 2 is 1.76 bits per heavy atom. The lowest BCUT2D eigenvalue weighted by Gasteiger charge is -2.16. The minimum atomic E-state index is -0.979. The number of amides is 1. The average molecular weight is 513 g/mol. The average Bonchev–Trinajstić information content (AvgIpc) is 2.77. The number of benzene rings is 3. The van der Waals surface area contributed by atoms with Crippen LogP contribution in [-0.4, -0.2) is 30.2 Å². The maximum absolute atomic E-state index is 12.3. The molecule has 0 aliphatic heterocycles. The maximum Gasteiger partial charge on any atom is 0.335 e. The standard InChI is InChI=1S/C25H25BrN2O5/c1-3-32-22-12-17(14-27-19-8-5-7-18(13-19)25(30)31)11-21(26)24(22)33-15-23(29)28-20-9-4-6-16(2)10-20/h4-13,27H,3,14-15H2,1-2H3,(H,28,29)(H,30,31). The summed E-state index contributed by atoms with van der Waals surface area (Å²) in [4.78, 5) is 23.5. The number of hydrogen-bond acceptors (Lipinski definition) is 5. The van der Waals surface area contributed by atoms with Crippen molar-refractivity contribution < 1.29 is 24.2 Å². The molecule has 0 saturated carbocycles. The van der Waals surface area contributed by atoms with Crippen LogP contribution in [0.5, 0.6) is 11.5 Å². The lowest BCUT2D eigenvalue weighted by molar-refractivity contribution is -0.118. The molecule has 3 aromatic carbocycles. The molecule has 0 aliphatic rings. The normalized spacial score (nSPS) is 10.4. The van der Waals surface area contributed by atoms with E-state index in [0.717, 1.165) is 11.1 Å². The summed E-state index contributed by atoms with van der Waals surface area (Å²) in [6.07, 6.45) is 0. The van der Waals surface area contributed by atoms with E-state index < -0.39 is 5.97 Å². The van der Waals surface area contributed by atoms with Gasteiger partial charge in [0.2, 0.25) is 0 Å². The number of nitrogens with one attached hydrogen (secondary N) is 2. The number of aryl methyl sites for hydroxylation is 1. The van der Waals surface area contributed by atoms with Gasteiger partial charge in [0.1, 0.15) is 0 Å². The Labute approximate surface area is 200 Å². The lowest BCUT2D eigenvalue weighted by Crippen LogP contribution is -2.20. The van der Waals surface area contributed by atoms with E-state index in [2.05, 4.69) is 26.6 Å². The Kier molecular flexibility index (Phi) is 8.32. The van der Waals surface area contributed by atoms with E-state index in [1.807, 2.05) is 50.2 Å². The van der Waals surface area contributed by atoms with Gasteiger partial charge in [-0.25, -0.2) is 4.79 Å². The number of carbonyl (C=O) groups is 2. The monoisotopic (exact) mass is 512 g/mol. The molecular formula is C25H25BrN2O5. The highest BCUT2D eigenvalue weighted by Gasteiger charge is 2.15. The van der Waals surface area contributed by atoms with Gasteiger partial charge in [0.05, 0.1) is 16.6 Å². The fraction of sp³-hybridized carbons (Fsp3) is 0.200. The molecule has 0 aliphatic carbocycles. The van der Waals surface area contributed by atoms with Gasteiger partial charge in [0.15, 0.2) is 18.1 Å². The van der Waals surface area contributed by atoms with E-state index in [9.17, 15) is 9.59 Å². The van der Waals surface area contributed by atoms with E-state index in [0.29, 0.717) is 40.5 Å². The van der Waals surface area contributed by atoms with Gasteiger partial charge >= 0.3 is 5.97 Å². The van der Waals surface area contributed by atoms with Crippen LogP contribution in [0.3, 0.4) is 0 Å². The largest absolute Gasteiger partial charge is 0.490 e. The summed E-state index contributed by atoms with van der Waals surface area (Å²) in [5.41, 5.74) is 3.55. The van der Waals surface area contributed by atoms with Crippen LogP contribution in [0.25, 0.3) is 0 Å². The summed E-state index contributed by atoms with van der Waals surface area (Å²) in [5.74, 6) is -0.314. The molecule has 3 rings (SSSR count). The summed E-state index contributed by atoms with van der Waals surface area (Å²) in [6, 6.07) is 17.8. The Morgan fingerprint density at radius 3 is 2.48 bits per heavy atom. The Hall–Kier alpha value is -3.52. The van der Waals surface area contributed by atoms with Crippen LogP contribution >= 0.6 is 15.9 Å². The van der Waals surface area contributed by atoms with Crippen LogP contribution in [0.15, 0.2) is 65.1 Å². The van der Waals surface area contributed by atoms with Crippen LogP contribution in [0.4, 0.5) is 11.4 Å². The number of carboxylic acids is 1. The predicted octanol–water partition coefficient (Wildman–Crippen LogP) is 5.48. The molecule has 0 spiro atoms. The van der Waals surface area contributed by atoms with Crippen LogP contribution in [0.1, 0.15) is 28.4 Å². The van der Waals surface area contributed by atoms with E-state index in [1.54, 1.807) is 24.3 Å². The number of carbonyl (C=O) groups excluding carboxylic acids is 1. The lowest BCUT2D eigenvalue weighted by atomic mass is 10.1. The van der Waals surface area contributed by atoms with Crippen molar-refractivity contribution in [3.63, 3.8) is 0 Å². The molecule has 0 saturated heterocycles. The smallest absolute Gasteiger partial charge is 0.335 e. The van der Waals surface area contributed by atoms with Crippen molar-refractivity contribution >= 4 is 39.2 Å². The molecule has 8 heteroatoms. The second kappa shape index (κ2) is 11.4. The van der Waals surface area contributed by atoms with Gasteiger partial charge in [-0.3, -0.25) is 4.79 Å². The van der Waals surface area contributed by atoms with Crippen molar-refractivity contribution in [1.29, 1.82) is 0 Å². The zero-order valence-corrected chi connectivity index (χ0v) is 19.9. The molecule has 0 fully saturated rings. The van der Waals surface area contributed by atoms with Crippen molar-refractivity contribution in [3.05, 3.63) is 81.8 Å². The first-order valence-corrected chi connectivity index (χ1v) is 11.2. The zero-order chi connectivity index (χ0) is 23.8. The number of hydrogen-bond donors (Lipinski definition) is 3. The van der Waals surface area contributed by atoms with Gasteiger partial charge in [-0.2, -0.15) is 0 Å². The second-order valence-electron chi connectivity index (χ2n) is 7.28. The topological polar surface area (TPSA) is 96.9 Å². The molecule has 0 heterocycles. The molecule has 0 atom stereocenters. The third-order valence-electron chi connectivity index (χ3n) is 4.62. The van der Waals surface area contributed by atoms with Gasteiger partial charge in [-0.15, -0.1) is 0 Å². The van der Waals surface area contributed by atoms with Crippen molar-refractivity contribution in [3.8, 4) is 11.5 Å². The highest BCUT2D eigenvalue weighted by atomic mass is 79.9. The highest BCUT2D eigenvalue weighted by molar-refractivity contribution is 9.10. The molecule has 172 valence electrons. The SMILES string of the molecule is CCOc1cc(CNc2cccc(C(=O)O)c2)cc(Br)c1OCC(=O)Nc1cccc(C)c1. The molecule has 0 unspecified atom stereocenters. The molecule has 0 aromatic heterocycles. The van der Waals surface area contributed by atoms with E-state index in [-0.39, 0.29) is 18.1 Å². The van der Waals surface area contributed by atoms with E-state index in [4.69, 9.17) is 14.6 Å². The zero-order valence-electron chi connectivity index (χ0n) is 18.4. The number of aromatic carboxylic acids is 1. The van der Waals surface area contributed by atoms with E-state index >= 15 is 0 Å². The van der Waals surface area contributed by atoms with Crippen molar-refractivity contribution in [1.82, 2.24) is 0 Å². The van der Waals surface area contributed by atoms with Gasteiger partial charge in [-0.05, 0) is 83.4 Å². The Bertz CT molecular complexity index is 1150. The van der Waals surface area contributed by atoms with E-state index in [1.165, 1.54) is 0 Å². The molecule has 33 heavy (non-hydrogen) atoms. The summed E-state index contributed by atoms with van der Waals surface area (Å²) in [5, 5.41) is 15.2. The fourth-order valence-corrected chi connectivity index (χ4v) is 3.75. The second-order valence-corrected chi connectivity index (χ2v) is 8.14. The molecule has 3 N–H and O–H groups in total. The van der Waals surface area contributed by atoms with Gasteiger partial charge in [0, 0.05) is 17.9 Å². The van der Waals surface area contributed by atoms with Crippen LogP contribution in [-0.2, 0) is 11.3 Å². The molecule has 0 radical (unpaired) electrons. The first kappa shape index (κ1) is 24.1. The Balaban J connectivity index is 1.68. The van der Waals surface area contributed by atoms with Crippen molar-refractivity contribution in [2.75, 3.05) is 23.8 Å². The maximum atomic E-state index is 12.3. The molecule has 3 aromatic rings. The summed E-state index contributed by atoms with van der Waals surface area (Å²) in [6.45, 7) is 4.51. The molecule has 1 amide bonds. The quantitative estimate of drug-likeness (QED) is 0.332. The number of anilines is 2. The fourth-order valence-electron chi connectivity index (χ4n) is 3.15. The van der Waals surface area contributed by atoms with Crippen molar-refractivity contribution in [2.45, 2.75) is 20.4 Å². The van der Waals surface area contributed by atoms with Gasteiger partial charge in [-0.1, -0.05) is 18.2 Å². The third kappa shape index (κ3) is 6.98. The first-order valence-electron chi connectivity index (χ1n) is 10.4. The summed E-state index contributed by atoms with van der Waals surface area (Å²) in [7, 11) is 0. The summed E-state index contributed by atoms with van der Waals surface area (Å²) >= 11 is 3.51. The number of halogens is 1. The molecule has 7 nitrogen and oxygen atoms in total. The van der Waals surface area contributed by atoms with Gasteiger partial charge in [0.25, 0.3) is 5.91 Å². The number of rotatable bonds is 10. The first-order chi connectivity index (χ1) is 15.9. The van der Waals surface area contributed by atoms with Gasteiger partial charge < -0.3 is 25.2 Å². The van der Waals surface area contributed by atoms with Crippen LogP contribution in [0.2, 0.25) is 0 Å². The Morgan fingerprint density at radius 1 is 1.00 bits per heavy atom. The predicted molar refractivity (Wildman–Crippen MR) is 131 cm³/mol. The highest BCUT2D eigenvalue weighted by Crippen LogP contribution is 2.37. The summed E-state index contributed by atoms with van der Waals surface area (Å²) < 4.78 is 12.2. The third-order valence-corrected chi connectivity index (χ3v) is 5.21. The number of carboxylic acid groups (broad SMARTS) is 1. The van der Waals surface area contributed by atoms with Crippen molar-refractivity contribution in [2.24, 2.45) is 0 Å². The van der Waals surface area contributed by atoms with Crippen LogP contribution in [0, 0.1) is 6.92 Å². The van der Waals surface area contributed by atoms with Crippen LogP contribution < -0.4 is 20.1 Å².